The first-order valence-corrected chi connectivity index (χ1v) is 6.36. The average Bonchev–Trinajstić information content (AvgIpc) is 2.90. The third-order valence-electron chi connectivity index (χ3n) is 2.90. The molecule has 0 aliphatic rings. The van der Waals surface area contributed by atoms with E-state index in [-0.39, 0.29) is 0 Å². The molecule has 0 unspecified atom stereocenters. The monoisotopic (exact) mass is 269 g/mol. The van der Waals surface area contributed by atoms with Crippen LogP contribution in [0.3, 0.4) is 0 Å². The van der Waals surface area contributed by atoms with E-state index in [0.717, 1.165) is 22.5 Å². The van der Waals surface area contributed by atoms with Gasteiger partial charge in [-0.2, -0.15) is 4.98 Å². The fourth-order valence-electron chi connectivity index (χ4n) is 1.97. The van der Waals surface area contributed by atoms with Crippen molar-refractivity contribution in [2.45, 2.75) is 13.5 Å². The number of benzene rings is 1. The molecule has 0 spiro atoms. The standard InChI is InChI=1S/C14H15N5O/c1-9-7-16-12(20-9)8-17-13-10-5-3-4-6-11(10)18-14(15-2)19-13/h3-7H,8H2,1-2H3,(H2,15,17,18,19). The van der Waals surface area contributed by atoms with Crippen LogP contribution in [0.2, 0.25) is 0 Å². The van der Waals surface area contributed by atoms with Crippen molar-refractivity contribution in [3.05, 3.63) is 42.1 Å². The van der Waals surface area contributed by atoms with Crippen molar-refractivity contribution in [1.29, 1.82) is 0 Å². The van der Waals surface area contributed by atoms with Gasteiger partial charge in [0.1, 0.15) is 11.6 Å². The Bertz CT molecular complexity index is 737. The van der Waals surface area contributed by atoms with Crippen LogP contribution in [0, 0.1) is 6.92 Å². The maximum atomic E-state index is 5.44. The number of fused-ring (bicyclic) bond motifs is 1. The minimum atomic E-state index is 0.484. The molecule has 0 radical (unpaired) electrons. The van der Waals surface area contributed by atoms with Gasteiger partial charge in [0.15, 0.2) is 0 Å². The number of anilines is 2. The molecule has 3 rings (SSSR count). The van der Waals surface area contributed by atoms with Gasteiger partial charge in [0.25, 0.3) is 0 Å². The molecule has 20 heavy (non-hydrogen) atoms. The Morgan fingerprint density at radius 2 is 2.05 bits per heavy atom. The Labute approximate surface area is 116 Å². The lowest BCUT2D eigenvalue weighted by atomic mass is 10.2. The molecule has 0 atom stereocenters. The van der Waals surface area contributed by atoms with Gasteiger partial charge in [-0.1, -0.05) is 12.1 Å². The van der Waals surface area contributed by atoms with Gasteiger partial charge in [0.2, 0.25) is 11.8 Å². The number of nitrogens with one attached hydrogen (secondary N) is 2. The van der Waals surface area contributed by atoms with Gasteiger partial charge in [-0.25, -0.2) is 9.97 Å². The summed E-state index contributed by atoms with van der Waals surface area (Å²) in [6.45, 7) is 2.35. The summed E-state index contributed by atoms with van der Waals surface area (Å²) in [5.41, 5.74) is 0.887. The summed E-state index contributed by atoms with van der Waals surface area (Å²) in [4.78, 5) is 13.0. The van der Waals surface area contributed by atoms with Crippen LogP contribution >= 0.6 is 0 Å². The van der Waals surface area contributed by atoms with Crippen LogP contribution in [-0.4, -0.2) is 22.0 Å². The molecular weight excluding hydrogens is 254 g/mol. The second-order valence-electron chi connectivity index (χ2n) is 4.38. The fraction of sp³-hybridized carbons (Fsp3) is 0.214. The molecule has 6 heteroatoms. The van der Waals surface area contributed by atoms with Gasteiger partial charge < -0.3 is 15.1 Å². The highest BCUT2D eigenvalue weighted by Crippen LogP contribution is 2.22. The summed E-state index contributed by atoms with van der Waals surface area (Å²) in [6, 6.07) is 7.86. The minimum Gasteiger partial charge on any atom is -0.444 e. The van der Waals surface area contributed by atoms with Crippen LogP contribution in [0.25, 0.3) is 10.9 Å². The Morgan fingerprint density at radius 1 is 1.20 bits per heavy atom. The number of rotatable bonds is 4. The lowest BCUT2D eigenvalue weighted by Gasteiger charge is -2.09. The van der Waals surface area contributed by atoms with E-state index in [1.54, 1.807) is 13.2 Å². The summed E-state index contributed by atoms with van der Waals surface area (Å²) >= 11 is 0. The summed E-state index contributed by atoms with van der Waals surface area (Å²) in [6.07, 6.45) is 1.70. The van der Waals surface area contributed by atoms with Gasteiger partial charge in [-0.3, -0.25) is 0 Å². The second-order valence-corrected chi connectivity index (χ2v) is 4.38. The van der Waals surface area contributed by atoms with E-state index in [2.05, 4.69) is 25.6 Å². The number of aryl methyl sites for hydroxylation is 1. The maximum Gasteiger partial charge on any atom is 0.224 e. The SMILES string of the molecule is CNc1nc(NCc2ncc(C)o2)c2ccccc2n1. The topological polar surface area (TPSA) is 75.9 Å². The van der Waals surface area contributed by atoms with Gasteiger partial charge in [0, 0.05) is 12.4 Å². The van der Waals surface area contributed by atoms with Crippen LogP contribution in [0.5, 0.6) is 0 Å². The summed E-state index contributed by atoms with van der Waals surface area (Å²) in [7, 11) is 1.80. The Kier molecular flexibility index (Phi) is 3.20. The van der Waals surface area contributed by atoms with E-state index in [1.165, 1.54) is 0 Å². The van der Waals surface area contributed by atoms with E-state index < -0.39 is 0 Å². The largest absolute Gasteiger partial charge is 0.444 e. The molecule has 1 aromatic carbocycles. The van der Waals surface area contributed by atoms with Crippen molar-refractivity contribution < 1.29 is 4.42 Å². The van der Waals surface area contributed by atoms with Crippen molar-refractivity contribution in [1.82, 2.24) is 15.0 Å². The molecule has 0 saturated heterocycles. The number of para-hydroxylation sites is 1. The molecule has 0 bridgehead atoms. The predicted octanol–water partition coefficient (Wildman–Crippen LogP) is 2.58. The lowest BCUT2D eigenvalue weighted by molar-refractivity contribution is 0.479. The number of hydrogen-bond donors (Lipinski definition) is 2. The highest BCUT2D eigenvalue weighted by molar-refractivity contribution is 5.89. The van der Waals surface area contributed by atoms with Gasteiger partial charge >= 0.3 is 0 Å². The molecule has 0 saturated carbocycles. The molecule has 102 valence electrons. The zero-order valence-electron chi connectivity index (χ0n) is 11.3. The zero-order valence-corrected chi connectivity index (χ0v) is 11.3. The van der Waals surface area contributed by atoms with E-state index >= 15 is 0 Å². The number of aromatic nitrogens is 3. The summed E-state index contributed by atoms with van der Waals surface area (Å²) in [5.74, 6) is 2.77. The number of nitrogens with zero attached hydrogens (tertiary/aromatic N) is 3. The average molecular weight is 269 g/mol. The molecule has 3 aromatic rings. The quantitative estimate of drug-likeness (QED) is 0.758. The van der Waals surface area contributed by atoms with Crippen molar-refractivity contribution in [3.8, 4) is 0 Å². The van der Waals surface area contributed by atoms with E-state index in [4.69, 9.17) is 4.42 Å². The molecule has 0 aliphatic carbocycles. The van der Waals surface area contributed by atoms with Crippen molar-refractivity contribution in [2.24, 2.45) is 0 Å². The second kappa shape index (κ2) is 5.16. The van der Waals surface area contributed by atoms with Crippen LogP contribution in [0.1, 0.15) is 11.7 Å². The van der Waals surface area contributed by atoms with E-state index in [1.807, 2.05) is 31.2 Å². The summed E-state index contributed by atoms with van der Waals surface area (Å²) < 4.78 is 5.44. The first-order valence-electron chi connectivity index (χ1n) is 6.36. The molecule has 0 amide bonds. The van der Waals surface area contributed by atoms with Crippen LogP contribution in [0.15, 0.2) is 34.9 Å². The number of hydrogen-bond acceptors (Lipinski definition) is 6. The fourth-order valence-corrected chi connectivity index (χ4v) is 1.97. The smallest absolute Gasteiger partial charge is 0.224 e. The Balaban J connectivity index is 1.93. The molecular formula is C14H15N5O. The molecule has 0 fully saturated rings. The third kappa shape index (κ3) is 2.40. The Morgan fingerprint density at radius 3 is 2.80 bits per heavy atom. The first-order chi connectivity index (χ1) is 9.76. The van der Waals surface area contributed by atoms with Crippen LogP contribution in [-0.2, 0) is 6.54 Å². The van der Waals surface area contributed by atoms with E-state index in [0.29, 0.717) is 18.4 Å². The number of oxazole rings is 1. The minimum absolute atomic E-state index is 0.484. The van der Waals surface area contributed by atoms with Crippen molar-refractivity contribution >= 4 is 22.7 Å². The summed E-state index contributed by atoms with van der Waals surface area (Å²) in [5, 5.41) is 7.17. The van der Waals surface area contributed by atoms with Crippen LogP contribution < -0.4 is 10.6 Å². The highest BCUT2D eigenvalue weighted by Gasteiger charge is 2.07. The molecule has 2 N–H and O–H groups in total. The maximum absolute atomic E-state index is 5.44. The highest BCUT2D eigenvalue weighted by atomic mass is 16.4. The molecule has 0 aliphatic heterocycles. The van der Waals surface area contributed by atoms with Crippen LogP contribution in [0.4, 0.5) is 11.8 Å². The van der Waals surface area contributed by atoms with E-state index in [9.17, 15) is 0 Å². The van der Waals surface area contributed by atoms with Gasteiger partial charge in [-0.15, -0.1) is 0 Å². The van der Waals surface area contributed by atoms with Crippen molar-refractivity contribution in [2.75, 3.05) is 17.7 Å². The third-order valence-corrected chi connectivity index (χ3v) is 2.90. The molecule has 2 aromatic heterocycles. The molecule has 6 nitrogen and oxygen atoms in total. The first kappa shape index (κ1) is 12.4. The lowest BCUT2D eigenvalue weighted by Crippen LogP contribution is -2.05. The molecule has 2 heterocycles. The van der Waals surface area contributed by atoms with Gasteiger partial charge in [-0.05, 0) is 19.1 Å². The van der Waals surface area contributed by atoms with Gasteiger partial charge in [0.05, 0.1) is 18.3 Å². The van der Waals surface area contributed by atoms with Crippen molar-refractivity contribution in [3.63, 3.8) is 0 Å². The predicted molar refractivity (Wildman–Crippen MR) is 77.7 cm³/mol. The zero-order chi connectivity index (χ0) is 13.9. The Hall–Kier alpha value is -2.63. The normalized spacial score (nSPS) is 10.7.